The average molecular weight is 268 g/mol. The Morgan fingerprint density at radius 2 is 1.35 bits per heavy atom. The fourth-order valence-electron chi connectivity index (χ4n) is 2.61. The van der Waals surface area contributed by atoms with Crippen molar-refractivity contribution in [2.45, 2.75) is 40.0 Å². The van der Waals surface area contributed by atoms with Crippen LogP contribution in [0.1, 0.15) is 37.5 Å². The SMILES string of the molecule is COc1ccc(-c2c(C)cc(C(C)(C)C)cc2C)cc1. The molecule has 0 aromatic heterocycles. The number of benzene rings is 2. The minimum Gasteiger partial charge on any atom is -0.497 e. The highest BCUT2D eigenvalue weighted by molar-refractivity contribution is 5.72. The van der Waals surface area contributed by atoms with Crippen LogP contribution in [0.25, 0.3) is 11.1 Å². The van der Waals surface area contributed by atoms with Gasteiger partial charge in [-0.25, -0.2) is 0 Å². The van der Waals surface area contributed by atoms with Crippen LogP contribution in [0.5, 0.6) is 5.75 Å². The molecule has 20 heavy (non-hydrogen) atoms. The third kappa shape index (κ3) is 2.87. The second-order valence-electron chi connectivity index (χ2n) is 6.46. The van der Waals surface area contributed by atoms with Crippen LogP contribution in [0.15, 0.2) is 36.4 Å². The Bertz CT molecular complexity index is 578. The highest BCUT2D eigenvalue weighted by Crippen LogP contribution is 2.33. The Morgan fingerprint density at radius 3 is 1.75 bits per heavy atom. The number of aryl methyl sites for hydroxylation is 2. The molecule has 0 amide bonds. The zero-order chi connectivity index (χ0) is 14.9. The van der Waals surface area contributed by atoms with Crippen LogP contribution in [0.4, 0.5) is 0 Å². The summed E-state index contributed by atoms with van der Waals surface area (Å²) in [4.78, 5) is 0. The molecule has 0 aliphatic heterocycles. The molecule has 2 aromatic carbocycles. The zero-order valence-electron chi connectivity index (χ0n) is 13.4. The molecule has 1 nitrogen and oxygen atoms in total. The maximum absolute atomic E-state index is 5.23. The lowest BCUT2D eigenvalue weighted by Crippen LogP contribution is -2.12. The van der Waals surface area contributed by atoms with Gasteiger partial charge in [-0.3, -0.25) is 0 Å². The minimum absolute atomic E-state index is 0.188. The molecule has 2 rings (SSSR count). The zero-order valence-corrected chi connectivity index (χ0v) is 13.4. The quantitative estimate of drug-likeness (QED) is 0.720. The minimum atomic E-state index is 0.188. The Morgan fingerprint density at radius 1 is 0.850 bits per heavy atom. The van der Waals surface area contributed by atoms with Crippen molar-refractivity contribution in [3.63, 3.8) is 0 Å². The molecule has 0 N–H and O–H groups in total. The third-order valence-electron chi connectivity index (χ3n) is 3.78. The van der Waals surface area contributed by atoms with Gasteiger partial charge in [0.1, 0.15) is 5.75 Å². The molecule has 0 bridgehead atoms. The fraction of sp³-hybridized carbons (Fsp3) is 0.368. The molecule has 0 saturated carbocycles. The van der Waals surface area contributed by atoms with Crippen molar-refractivity contribution < 1.29 is 4.74 Å². The highest BCUT2D eigenvalue weighted by Gasteiger charge is 2.16. The van der Waals surface area contributed by atoms with Gasteiger partial charge in [0.15, 0.2) is 0 Å². The van der Waals surface area contributed by atoms with Crippen molar-refractivity contribution in [3.8, 4) is 16.9 Å². The van der Waals surface area contributed by atoms with Crippen molar-refractivity contribution >= 4 is 0 Å². The van der Waals surface area contributed by atoms with E-state index in [1.165, 1.54) is 27.8 Å². The Hall–Kier alpha value is -1.76. The van der Waals surface area contributed by atoms with Crippen molar-refractivity contribution in [3.05, 3.63) is 53.1 Å². The van der Waals surface area contributed by atoms with Gasteiger partial charge in [0, 0.05) is 0 Å². The first-order valence-electron chi connectivity index (χ1n) is 7.09. The van der Waals surface area contributed by atoms with E-state index < -0.39 is 0 Å². The normalized spacial score (nSPS) is 11.5. The Kier molecular flexibility index (Phi) is 3.89. The molecule has 0 aliphatic carbocycles. The lowest BCUT2D eigenvalue weighted by atomic mass is 9.83. The molecule has 0 unspecified atom stereocenters. The van der Waals surface area contributed by atoms with Crippen molar-refractivity contribution in [1.82, 2.24) is 0 Å². The standard InChI is InChI=1S/C19H24O/c1-13-11-16(19(3,4)5)12-14(2)18(13)15-7-9-17(20-6)10-8-15/h7-12H,1-6H3. The van der Waals surface area contributed by atoms with Gasteiger partial charge in [-0.05, 0) is 59.2 Å². The van der Waals surface area contributed by atoms with Gasteiger partial charge in [-0.1, -0.05) is 45.0 Å². The summed E-state index contributed by atoms with van der Waals surface area (Å²) < 4.78 is 5.23. The van der Waals surface area contributed by atoms with E-state index >= 15 is 0 Å². The molecule has 0 aliphatic rings. The van der Waals surface area contributed by atoms with Crippen molar-refractivity contribution in [1.29, 1.82) is 0 Å². The van der Waals surface area contributed by atoms with E-state index in [0.29, 0.717) is 0 Å². The van der Waals surface area contributed by atoms with Crippen LogP contribution in [-0.2, 0) is 5.41 Å². The number of methoxy groups -OCH3 is 1. The molecule has 0 heterocycles. The van der Waals surface area contributed by atoms with E-state index in [4.69, 9.17) is 4.74 Å². The molecule has 2 aromatic rings. The fourth-order valence-corrected chi connectivity index (χ4v) is 2.61. The molecular formula is C19H24O. The smallest absolute Gasteiger partial charge is 0.118 e. The van der Waals surface area contributed by atoms with Crippen molar-refractivity contribution in [2.24, 2.45) is 0 Å². The Balaban J connectivity index is 2.52. The van der Waals surface area contributed by atoms with E-state index in [2.05, 4.69) is 58.9 Å². The number of rotatable bonds is 2. The van der Waals surface area contributed by atoms with Gasteiger partial charge in [0.05, 0.1) is 7.11 Å². The predicted octanol–water partition coefficient (Wildman–Crippen LogP) is 5.28. The number of ether oxygens (including phenoxy) is 1. The van der Waals surface area contributed by atoms with Gasteiger partial charge in [-0.2, -0.15) is 0 Å². The van der Waals surface area contributed by atoms with Crippen LogP contribution in [-0.4, -0.2) is 7.11 Å². The summed E-state index contributed by atoms with van der Waals surface area (Å²) in [7, 11) is 1.70. The van der Waals surface area contributed by atoms with Crippen LogP contribution in [0, 0.1) is 13.8 Å². The predicted molar refractivity (Wildman–Crippen MR) is 86.6 cm³/mol. The monoisotopic (exact) mass is 268 g/mol. The summed E-state index contributed by atoms with van der Waals surface area (Å²) in [6.07, 6.45) is 0. The number of hydrogen-bond acceptors (Lipinski definition) is 1. The molecule has 0 atom stereocenters. The third-order valence-corrected chi connectivity index (χ3v) is 3.78. The highest BCUT2D eigenvalue weighted by atomic mass is 16.5. The van der Waals surface area contributed by atoms with Gasteiger partial charge < -0.3 is 4.74 Å². The van der Waals surface area contributed by atoms with Gasteiger partial charge in [-0.15, -0.1) is 0 Å². The van der Waals surface area contributed by atoms with Gasteiger partial charge in [0.2, 0.25) is 0 Å². The second-order valence-corrected chi connectivity index (χ2v) is 6.46. The summed E-state index contributed by atoms with van der Waals surface area (Å²) in [6, 6.07) is 12.9. The largest absolute Gasteiger partial charge is 0.497 e. The van der Waals surface area contributed by atoms with Crippen LogP contribution >= 0.6 is 0 Å². The van der Waals surface area contributed by atoms with Crippen LogP contribution in [0.3, 0.4) is 0 Å². The average Bonchev–Trinajstić information content (AvgIpc) is 2.37. The lowest BCUT2D eigenvalue weighted by molar-refractivity contribution is 0.415. The summed E-state index contributed by atoms with van der Waals surface area (Å²) in [6.45, 7) is 11.2. The molecule has 0 radical (unpaired) electrons. The molecular weight excluding hydrogens is 244 g/mol. The van der Waals surface area contributed by atoms with Crippen molar-refractivity contribution in [2.75, 3.05) is 7.11 Å². The first-order valence-corrected chi connectivity index (χ1v) is 7.09. The molecule has 0 fully saturated rings. The van der Waals surface area contributed by atoms with E-state index in [-0.39, 0.29) is 5.41 Å². The number of hydrogen-bond donors (Lipinski definition) is 0. The second kappa shape index (κ2) is 5.32. The van der Waals surface area contributed by atoms with Gasteiger partial charge in [0.25, 0.3) is 0 Å². The van der Waals surface area contributed by atoms with E-state index in [0.717, 1.165) is 5.75 Å². The maximum Gasteiger partial charge on any atom is 0.118 e. The van der Waals surface area contributed by atoms with E-state index in [1.807, 2.05) is 12.1 Å². The summed E-state index contributed by atoms with van der Waals surface area (Å²) >= 11 is 0. The first-order chi connectivity index (χ1) is 9.32. The summed E-state index contributed by atoms with van der Waals surface area (Å²) in [5.74, 6) is 0.898. The summed E-state index contributed by atoms with van der Waals surface area (Å²) in [5, 5.41) is 0. The molecule has 0 saturated heterocycles. The van der Waals surface area contributed by atoms with Crippen LogP contribution < -0.4 is 4.74 Å². The van der Waals surface area contributed by atoms with Gasteiger partial charge >= 0.3 is 0 Å². The maximum atomic E-state index is 5.23. The Labute approximate surface area is 122 Å². The molecule has 0 spiro atoms. The van der Waals surface area contributed by atoms with E-state index in [1.54, 1.807) is 7.11 Å². The summed E-state index contributed by atoms with van der Waals surface area (Å²) in [5.41, 5.74) is 6.83. The van der Waals surface area contributed by atoms with Crippen LogP contribution in [0.2, 0.25) is 0 Å². The molecule has 1 heteroatoms. The lowest BCUT2D eigenvalue weighted by Gasteiger charge is -2.22. The van der Waals surface area contributed by atoms with E-state index in [9.17, 15) is 0 Å². The molecule has 106 valence electrons. The first kappa shape index (κ1) is 14.6. The topological polar surface area (TPSA) is 9.23 Å².